The van der Waals surface area contributed by atoms with Gasteiger partial charge in [-0.3, -0.25) is 9.89 Å². The van der Waals surface area contributed by atoms with Crippen molar-refractivity contribution in [1.29, 1.82) is 0 Å². The van der Waals surface area contributed by atoms with Crippen LogP contribution in [0.5, 0.6) is 0 Å². The molecule has 1 aromatic heterocycles. The molecule has 0 aliphatic heterocycles. The lowest BCUT2D eigenvalue weighted by molar-refractivity contribution is 0.0951. The largest absolute Gasteiger partial charge is 0.384 e. The minimum atomic E-state index is -0.135. The fraction of sp³-hybridized carbons (Fsp3) is 0.231. The summed E-state index contributed by atoms with van der Waals surface area (Å²) >= 11 is 0. The highest BCUT2D eigenvalue weighted by Gasteiger charge is 2.08. The van der Waals surface area contributed by atoms with Gasteiger partial charge in [0.2, 0.25) is 0 Å². The predicted molar refractivity (Wildman–Crippen MR) is 74.9 cm³/mol. The van der Waals surface area contributed by atoms with Gasteiger partial charge in [0.15, 0.2) is 0 Å². The Morgan fingerprint density at radius 2 is 2.26 bits per heavy atom. The summed E-state index contributed by atoms with van der Waals surface area (Å²) in [6.07, 6.45) is 1.60. The molecule has 0 aliphatic rings. The van der Waals surface area contributed by atoms with Crippen molar-refractivity contribution < 1.29 is 4.79 Å². The Hall–Kier alpha value is -2.50. The third-order valence-corrected chi connectivity index (χ3v) is 2.82. The van der Waals surface area contributed by atoms with Crippen molar-refractivity contribution in [3.8, 4) is 0 Å². The van der Waals surface area contributed by atoms with Crippen LogP contribution in [0.25, 0.3) is 0 Å². The first kappa shape index (κ1) is 12.9. The molecule has 0 bridgehead atoms. The zero-order chi connectivity index (χ0) is 13.8. The molecule has 100 valence electrons. The van der Waals surface area contributed by atoms with Gasteiger partial charge >= 0.3 is 0 Å². The quantitative estimate of drug-likeness (QED) is 0.764. The van der Waals surface area contributed by atoms with Crippen LogP contribution in [-0.2, 0) is 6.54 Å². The number of carbonyl (C=O) groups is 1. The van der Waals surface area contributed by atoms with E-state index in [1.54, 1.807) is 12.3 Å². The fourth-order valence-corrected chi connectivity index (χ4v) is 1.66. The van der Waals surface area contributed by atoms with Gasteiger partial charge in [0.05, 0.1) is 6.20 Å². The summed E-state index contributed by atoms with van der Waals surface area (Å²) in [5.74, 6) is 0.339. The van der Waals surface area contributed by atoms with Crippen LogP contribution in [0.4, 0.5) is 11.5 Å². The number of anilines is 2. The second-order valence-electron chi connectivity index (χ2n) is 4.44. The molecule has 0 atom stereocenters. The molecule has 2 rings (SSSR count). The third kappa shape index (κ3) is 3.04. The summed E-state index contributed by atoms with van der Waals surface area (Å²) in [5.41, 5.74) is 8.03. The van der Waals surface area contributed by atoms with Gasteiger partial charge in [0.1, 0.15) is 5.82 Å². The first-order valence-corrected chi connectivity index (χ1v) is 5.91. The van der Waals surface area contributed by atoms with Crippen LogP contribution in [0.2, 0.25) is 0 Å². The number of carbonyl (C=O) groups excluding carboxylic acids is 1. The number of nitrogens with two attached hydrogens (primary N) is 1. The van der Waals surface area contributed by atoms with E-state index >= 15 is 0 Å². The number of H-pyrrole nitrogens is 1. The van der Waals surface area contributed by atoms with Gasteiger partial charge < -0.3 is 16.0 Å². The van der Waals surface area contributed by atoms with Crippen LogP contribution < -0.4 is 16.0 Å². The highest BCUT2D eigenvalue weighted by atomic mass is 16.1. The van der Waals surface area contributed by atoms with Crippen LogP contribution >= 0.6 is 0 Å². The SMILES string of the molecule is CN(C)c1cccc(C(=O)NCc2cn[nH]c2N)c1. The summed E-state index contributed by atoms with van der Waals surface area (Å²) in [7, 11) is 3.87. The van der Waals surface area contributed by atoms with E-state index in [4.69, 9.17) is 5.73 Å². The summed E-state index contributed by atoms with van der Waals surface area (Å²) in [6, 6.07) is 7.43. The molecule has 4 N–H and O–H groups in total. The summed E-state index contributed by atoms with van der Waals surface area (Å²) < 4.78 is 0. The van der Waals surface area contributed by atoms with E-state index in [9.17, 15) is 4.79 Å². The van der Waals surface area contributed by atoms with E-state index in [1.165, 1.54) is 0 Å². The van der Waals surface area contributed by atoms with Crippen LogP contribution in [-0.4, -0.2) is 30.2 Å². The number of aromatic amines is 1. The molecule has 6 heteroatoms. The maximum absolute atomic E-state index is 12.0. The number of nitrogens with zero attached hydrogens (tertiary/aromatic N) is 2. The molecule has 2 aromatic rings. The number of aromatic nitrogens is 2. The summed E-state index contributed by atoms with van der Waals surface area (Å²) in [4.78, 5) is 14.0. The van der Waals surface area contributed by atoms with Crippen molar-refractivity contribution in [3.63, 3.8) is 0 Å². The van der Waals surface area contributed by atoms with Gasteiger partial charge in [0.25, 0.3) is 5.91 Å². The van der Waals surface area contributed by atoms with Crippen molar-refractivity contribution in [2.45, 2.75) is 6.54 Å². The molecule has 0 saturated heterocycles. The zero-order valence-corrected chi connectivity index (χ0v) is 11.0. The van der Waals surface area contributed by atoms with Crippen molar-refractivity contribution in [1.82, 2.24) is 15.5 Å². The minimum Gasteiger partial charge on any atom is -0.384 e. The van der Waals surface area contributed by atoms with Gasteiger partial charge in [-0.2, -0.15) is 5.10 Å². The monoisotopic (exact) mass is 259 g/mol. The normalized spacial score (nSPS) is 10.2. The number of hydrogen-bond acceptors (Lipinski definition) is 4. The average molecular weight is 259 g/mol. The van der Waals surface area contributed by atoms with Gasteiger partial charge in [-0.25, -0.2) is 0 Å². The minimum absolute atomic E-state index is 0.135. The third-order valence-electron chi connectivity index (χ3n) is 2.82. The molecular formula is C13H17N5O. The molecule has 1 heterocycles. The lowest BCUT2D eigenvalue weighted by atomic mass is 10.1. The van der Waals surface area contributed by atoms with Gasteiger partial charge in [-0.05, 0) is 18.2 Å². The topological polar surface area (TPSA) is 87.0 Å². The average Bonchev–Trinajstić information content (AvgIpc) is 2.81. The maximum atomic E-state index is 12.0. The van der Waals surface area contributed by atoms with Crippen LogP contribution in [0, 0.1) is 0 Å². The molecule has 0 fully saturated rings. The molecular weight excluding hydrogens is 242 g/mol. The Morgan fingerprint density at radius 3 is 2.89 bits per heavy atom. The number of hydrogen-bond donors (Lipinski definition) is 3. The Labute approximate surface area is 111 Å². The predicted octanol–water partition coefficient (Wildman–Crippen LogP) is 0.988. The smallest absolute Gasteiger partial charge is 0.251 e. The molecule has 0 saturated carbocycles. The molecule has 19 heavy (non-hydrogen) atoms. The Bertz CT molecular complexity index is 576. The fourth-order valence-electron chi connectivity index (χ4n) is 1.66. The lowest BCUT2D eigenvalue weighted by Gasteiger charge is -2.13. The summed E-state index contributed by atoms with van der Waals surface area (Å²) in [6.45, 7) is 0.355. The molecule has 6 nitrogen and oxygen atoms in total. The second kappa shape index (κ2) is 5.43. The van der Waals surface area contributed by atoms with E-state index in [0.717, 1.165) is 11.3 Å². The Balaban J connectivity index is 2.04. The van der Waals surface area contributed by atoms with Crippen molar-refractivity contribution in [2.24, 2.45) is 0 Å². The van der Waals surface area contributed by atoms with Gasteiger partial charge in [-0.1, -0.05) is 6.07 Å². The lowest BCUT2D eigenvalue weighted by Crippen LogP contribution is -2.23. The maximum Gasteiger partial charge on any atom is 0.251 e. The van der Waals surface area contributed by atoms with Crippen LogP contribution in [0.1, 0.15) is 15.9 Å². The van der Waals surface area contributed by atoms with E-state index < -0.39 is 0 Å². The number of amides is 1. The Morgan fingerprint density at radius 1 is 1.47 bits per heavy atom. The van der Waals surface area contributed by atoms with Gasteiger partial charge in [0, 0.05) is 37.5 Å². The number of benzene rings is 1. The Kier molecular flexibility index (Phi) is 3.70. The van der Waals surface area contributed by atoms with Gasteiger partial charge in [-0.15, -0.1) is 0 Å². The van der Waals surface area contributed by atoms with E-state index in [1.807, 2.05) is 37.2 Å². The van der Waals surface area contributed by atoms with Crippen molar-refractivity contribution in [3.05, 3.63) is 41.6 Å². The first-order chi connectivity index (χ1) is 9.08. The van der Waals surface area contributed by atoms with E-state index in [0.29, 0.717) is 17.9 Å². The van der Waals surface area contributed by atoms with E-state index in [2.05, 4.69) is 15.5 Å². The molecule has 0 radical (unpaired) electrons. The first-order valence-electron chi connectivity index (χ1n) is 5.91. The number of rotatable bonds is 4. The molecule has 1 amide bonds. The molecule has 0 aliphatic carbocycles. The molecule has 1 aromatic carbocycles. The summed E-state index contributed by atoms with van der Waals surface area (Å²) in [5, 5.41) is 9.24. The number of nitrogen functional groups attached to an aromatic ring is 1. The highest BCUT2D eigenvalue weighted by Crippen LogP contribution is 2.13. The van der Waals surface area contributed by atoms with E-state index in [-0.39, 0.29) is 5.91 Å². The van der Waals surface area contributed by atoms with Crippen molar-refractivity contribution in [2.75, 3.05) is 24.7 Å². The highest BCUT2D eigenvalue weighted by molar-refractivity contribution is 5.95. The second-order valence-corrected chi connectivity index (χ2v) is 4.44. The molecule has 0 unspecified atom stereocenters. The standard InChI is InChI=1S/C13H17N5O/c1-18(2)11-5-3-4-9(6-11)13(19)15-7-10-8-16-17-12(10)14/h3-6,8H,7H2,1-2H3,(H,15,19)(H3,14,16,17). The van der Waals surface area contributed by atoms with Crippen LogP contribution in [0.3, 0.4) is 0 Å². The molecule has 0 spiro atoms. The zero-order valence-electron chi connectivity index (χ0n) is 11.0. The van der Waals surface area contributed by atoms with Crippen molar-refractivity contribution >= 4 is 17.4 Å². The number of nitrogens with one attached hydrogen (secondary N) is 2. The van der Waals surface area contributed by atoms with Crippen LogP contribution in [0.15, 0.2) is 30.5 Å².